The molecule has 3 nitrogen and oxygen atoms in total. The van der Waals surface area contributed by atoms with Gasteiger partial charge in [-0.05, 0) is 18.2 Å². The predicted molar refractivity (Wildman–Crippen MR) is 68.5 cm³/mol. The number of phenolic OH excluding ortho intramolecular Hbond substituents is 1. The van der Waals surface area contributed by atoms with Crippen LogP contribution in [-0.4, -0.2) is 34.3 Å². The van der Waals surface area contributed by atoms with Crippen molar-refractivity contribution in [1.29, 1.82) is 0 Å². The summed E-state index contributed by atoms with van der Waals surface area (Å²) in [4.78, 5) is 13.7. The van der Waals surface area contributed by atoms with Crippen molar-refractivity contribution in [2.24, 2.45) is 0 Å². The molecule has 0 saturated heterocycles. The van der Waals surface area contributed by atoms with Crippen molar-refractivity contribution < 1.29 is 9.90 Å². The molecule has 1 amide bonds. The topological polar surface area (TPSA) is 40.5 Å². The third kappa shape index (κ3) is 3.39. The maximum Gasteiger partial charge on any atom is 0.257 e. The van der Waals surface area contributed by atoms with E-state index >= 15 is 0 Å². The summed E-state index contributed by atoms with van der Waals surface area (Å²) in [5.41, 5.74) is 0.225. The van der Waals surface area contributed by atoms with Gasteiger partial charge >= 0.3 is 0 Å². The van der Waals surface area contributed by atoms with E-state index in [1.165, 1.54) is 17.0 Å². The number of aromatic hydroxyl groups is 1. The van der Waals surface area contributed by atoms with Crippen molar-refractivity contribution in [3.8, 4) is 5.75 Å². The molecule has 0 spiro atoms. The van der Waals surface area contributed by atoms with Gasteiger partial charge in [-0.15, -0.1) is 0 Å². The van der Waals surface area contributed by atoms with Gasteiger partial charge in [0.05, 0.1) is 5.56 Å². The molecule has 0 bridgehead atoms. The molecule has 0 aromatic heterocycles. The van der Waals surface area contributed by atoms with Crippen molar-refractivity contribution in [3.63, 3.8) is 0 Å². The van der Waals surface area contributed by atoms with Gasteiger partial charge < -0.3 is 10.0 Å². The van der Waals surface area contributed by atoms with E-state index in [0.29, 0.717) is 11.6 Å². The van der Waals surface area contributed by atoms with Gasteiger partial charge in [-0.1, -0.05) is 34.5 Å². The summed E-state index contributed by atoms with van der Waals surface area (Å²) in [5.74, 6) is -0.297. The van der Waals surface area contributed by atoms with Gasteiger partial charge in [0.15, 0.2) is 0 Å². The van der Waals surface area contributed by atoms with Crippen LogP contribution in [0.5, 0.6) is 5.75 Å². The zero-order valence-electron chi connectivity index (χ0n) is 9.08. The first kappa shape index (κ1) is 13.3. The predicted octanol–water partition coefficient (Wildman–Crippen LogP) is 2.90. The Morgan fingerprint density at radius 1 is 1.62 bits per heavy atom. The van der Waals surface area contributed by atoms with Crippen molar-refractivity contribution in [2.75, 3.05) is 13.6 Å². The minimum absolute atomic E-state index is 0.0523. The SMILES string of the molecule is CC(Br)CN(C)C(=O)c1cc(Cl)ccc1O. The van der Waals surface area contributed by atoms with E-state index in [2.05, 4.69) is 15.9 Å². The number of rotatable bonds is 3. The second-order valence-corrected chi connectivity index (χ2v) is 5.63. The van der Waals surface area contributed by atoms with Gasteiger partial charge in [-0.25, -0.2) is 0 Å². The fourth-order valence-electron chi connectivity index (χ4n) is 1.35. The lowest BCUT2D eigenvalue weighted by Gasteiger charge is -2.19. The second-order valence-electron chi connectivity index (χ2n) is 3.63. The smallest absolute Gasteiger partial charge is 0.257 e. The Bertz CT molecular complexity index is 396. The van der Waals surface area contributed by atoms with E-state index in [0.717, 1.165) is 0 Å². The summed E-state index contributed by atoms with van der Waals surface area (Å²) in [6.45, 7) is 2.51. The molecule has 0 saturated carbocycles. The van der Waals surface area contributed by atoms with Crippen molar-refractivity contribution in [2.45, 2.75) is 11.8 Å². The minimum Gasteiger partial charge on any atom is -0.507 e. The molecule has 0 aliphatic carbocycles. The number of phenols is 1. The van der Waals surface area contributed by atoms with E-state index in [9.17, 15) is 9.90 Å². The Morgan fingerprint density at radius 2 is 2.25 bits per heavy atom. The van der Waals surface area contributed by atoms with Crippen LogP contribution in [0.2, 0.25) is 5.02 Å². The molecular formula is C11H13BrClNO2. The van der Waals surface area contributed by atoms with Crippen LogP contribution >= 0.6 is 27.5 Å². The van der Waals surface area contributed by atoms with Crippen LogP contribution in [0.1, 0.15) is 17.3 Å². The van der Waals surface area contributed by atoms with E-state index in [1.54, 1.807) is 13.1 Å². The van der Waals surface area contributed by atoms with Gasteiger partial charge in [0.2, 0.25) is 0 Å². The largest absolute Gasteiger partial charge is 0.507 e. The van der Waals surface area contributed by atoms with Crippen LogP contribution in [0.15, 0.2) is 18.2 Å². The molecule has 88 valence electrons. The first-order valence-corrected chi connectivity index (χ1v) is 6.09. The van der Waals surface area contributed by atoms with Crippen molar-refractivity contribution >= 4 is 33.4 Å². The zero-order valence-corrected chi connectivity index (χ0v) is 11.4. The Balaban J connectivity index is 2.91. The Kier molecular flexibility index (Phi) is 4.62. The Labute approximate surface area is 108 Å². The quantitative estimate of drug-likeness (QED) is 0.872. The average molecular weight is 307 g/mol. The van der Waals surface area contributed by atoms with Crippen LogP contribution in [0.3, 0.4) is 0 Å². The number of hydrogen-bond donors (Lipinski definition) is 1. The third-order valence-corrected chi connectivity index (χ3v) is 2.59. The number of hydrogen-bond acceptors (Lipinski definition) is 2. The number of carbonyl (C=O) groups excluding carboxylic acids is 1. The summed E-state index contributed by atoms with van der Waals surface area (Å²) in [5, 5.41) is 10.0. The molecule has 1 unspecified atom stereocenters. The standard InChI is InChI=1S/C11H13BrClNO2/c1-7(12)6-14(2)11(16)9-5-8(13)3-4-10(9)15/h3-5,7,15H,6H2,1-2H3. The highest BCUT2D eigenvalue weighted by atomic mass is 79.9. The molecule has 1 atom stereocenters. The van der Waals surface area contributed by atoms with Crippen molar-refractivity contribution in [3.05, 3.63) is 28.8 Å². The number of nitrogens with zero attached hydrogens (tertiary/aromatic N) is 1. The lowest BCUT2D eigenvalue weighted by atomic mass is 10.1. The van der Waals surface area contributed by atoms with Gasteiger partial charge in [-0.3, -0.25) is 4.79 Å². The van der Waals surface area contributed by atoms with Crippen molar-refractivity contribution in [1.82, 2.24) is 4.90 Å². The molecule has 1 aromatic carbocycles. The molecule has 1 aromatic rings. The van der Waals surface area contributed by atoms with Crippen LogP contribution in [0.25, 0.3) is 0 Å². The maximum absolute atomic E-state index is 11.9. The first-order chi connectivity index (χ1) is 7.41. The molecule has 0 fully saturated rings. The van der Waals surface area contributed by atoms with Crippen LogP contribution in [0, 0.1) is 0 Å². The summed E-state index contributed by atoms with van der Waals surface area (Å²) in [7, 11) is 1.68. The van der Waals surface area contributed by atoms with Gasteiger partial charge in [0, 0.05) is 23.4 Å². The lowest BCUT2D eigenvalue weighted by Crippen LogP contribution is -2.31. The van der Waals surface area contributed by atoms with Gasteiger partial charge in [0.1, 0.15) is 5.75 Å². The number of benzene rings is 1. The summed E-state index contributed by atoms with van der Waals surface area (Å²) < 4.78 is 0. The van der Waals surface area contributed by atoms with E-state index in [4.69, 9.17) is 11.6 Å². The zero-order chi connectivity index (χ0) is 12.3. The van der Waals surface area contributed by atoms with Crippen LogP contribution in [-0.2, 0) is 0 Å². The number of alkyl halides is 1. The van der Waals surface area contributed by atoms with Crippen LogP contribution in [0.4, 0.5) is 0 Å². The number of amides is 1. The van der Waals surface area contributed by atoms with Gasteiger partial charge in [0.25, 0.3) is 5.91 Å². The summed E-state index contributed by atoms with van der Waals surface area (Å²) in [6, 6.07) is 4.43. The molecular weight excluding hydrogens is 293 g/mol. The molecule has 5 heteroatoms. The molecule has 0 aliphatic rings. The highest BCUT2D eigenvalue weighted by Crippen LogP contribution is 2.22. The summed E-state index contributed by atoms with van der Waals surface area (Å²) in [6.07, 6.45) is 0. The Morgan fingerprint density at radius 3 is 2.81 bits per heavy atom. The van der Waals surface area contributed by atoms with E-state index < -0.39 is 0 Å². The molecule has 1 rings (SSSR count). The molecule has 16 heavy (non-hydrogen) atoms. The monoisotopic (exact) mass is 305 g/mol. The van der Waals surface area contributed by atoms with E-state index in [-0.39, 0.29) is 22.0 Å². The van der Waals surface area contributed by atoms with Gasteiger partial charge in [-0.2, -0.15) is 0 Å². The normalized spacial score (nSPS) is 12.2. The van der Waals surface area contributed by atoms with Crippen LogP contribution < -0.4 is 0 Å². The Hall–Kier alpha value is -0.740. The second kappa shape index (κ2) is 5.55. The average Bonchev–Trinajstić information content (AvgIpc) is 2.19. The maximum atomic E-state index is 11.9. The minimum atomic E-state index is -0.244. The number of halogens is 2. The first-order valence-electron chi connectivity index (χ1n) is 4.80. The fourth-order valence-corrected chi connectivity index (χ4v) is 1.95. The fraction of sp³-hybridized carbons (Fsp3) is 0.364. The molecule has 0 heterocycles. The lowest BCUT2D eigenvalue weighted by molar-refractivity contribution is 0.0794. The third-order valence-electron chi connectivity index (χ3n) is 2.06. The highest BCUT2D eigenvalue weighted by Gasteiger charge is 2.17. The molecule has 1 N–H and O–H groups in total. The summed E-state index contributed by atoms with van der Waals surface area (Å²) >= 11 is 9.15. The highest BCUT2D eigenvalue weighted by molar-refractivity contribution is 9.09. The van der Waals surface area contributed by atoms with E-state index in [1.807, 2.05) is 6.92 Å². The molecule has 0 aliphatic heterocycles. The molecule has 0 radical (unpaired) electrons. The number of carbonyl (C=O) groups is 1.